The molecule has 1 N–H and O–H groups in total. The molecule has 3 nitrogen and oxygen atoms in total. The largest absolute Gasteiger partial charge is 0.390 e. The Bertz CT molecular complexity index is 498. The van der Waals surface area contributed by atoms with Crippen molar-refractivity contribution in [1.29, 1.82) is 0 Å². The lowest BCUT2D eigenvalue weighted by molar-refractivity contribution is -0.139. The average Bonchev–Trinajstić information content (AvgIpc) is 2.54. The van der Waals surface area contributed by atoms with E-state index in [0.717, 1.165) is 31.5 Å². The fourth-order valence-electron chi connectivity index (χ4n) is 3.56. The first-order chi connectivity index (χ1) is 11.7. The molecule has 0 spiro atoms. The minimum atomic E-state index is -4.15. The Morgan fingerprint density at radius 1 is 1.20 bits per heavy atom. The lowest BCUT2D eigenvalue weighted by Gasteiger charge is -2.37. The van der Waals surface area contributed by atoms with E-state index in [1.807, 2.05) is 30.3 Å². The molecule has 0 amide bonds. The van der Waals surface area contributed by atoms with Gasteiger partial charge in [0.05, 0.1) is 6.42 Å². The Morgan fingerprint density at radius 3 is 2.36 bits per heavy atom. The molecule has 1 aromatic carbocycles. The smallest absolute Gasteiger partial charge is 0.306 e. The molecule has 2 rings (SSSR count). The second-order valence-corrected chi connectivity index (χ2v) is 7.32. The third-order valence-corrected chi connectivity index (χ3v) is 5.01. The van der Waals surface area contributed by atoms with Crippen molar-refractivity contribution >= 4 is 0 Å². The van der Waals surface area contributed by atoms with Crippen LogP contribution in [0.25, 0.3) is 0 Å². The molecule has 1 aromatic rings. The number of likely N-dealkylation sites (N-methyl/N-ethyl adjacent to an activating group) is 1. The standard InChI is InChI=1S/C19H30F3N3/c1-15(13-19(20,21)22)23-18(16-7-5-4-6-8-16)14-25(3)17-9-11-24(2)12-10-17/h4-8,15,17-18,23H,9-14H2,1-3H3/t15-,18+/m1/s1. The monoisotopic (exact) mass is 357 g/mol. The number of piperidine rings is 1. The zero-order valence-electron chi connectivity index (χ0n) is 15.4. The number of hydrogen-bond acceptors (Lipinski definition) is 3. The first-order valence-electron chi connectivity index (χ1n) is 9.01. The van der Waals surface area contributed by atoms with E-state index in [-0.39, 0.29) is 6.04 Å². The second kappa shape index (κ2) is 9.01. The molecule has 6 heteroatoms. The van der Waals surface area contributed by atoms with E-state index in [0.29, 0.717) is 12.6 Å². The lowest BCUT2D eigenvalue weighted by Crippen LogP contribution is -2.46. The summed E-state index contributed by atoms with van der Waals surface area (Å²) in [5, 5.41) is 3.20. The van der Waals surface area contributed by atoms with Crippen molar-refractivity contribution in [3.05, 3.63) is 35.9 Å². The molecule has 0 aliphatic carbocycles. The van der Waals surface area contributed by atoms with Gasteiger partial charge in [-0.25, -0.2) is 0 Å². The van der Waals surface area contributed by atoms with Gasteiger partial charge in [0.15, 0.2) is 0 Å². The first kappa shape index (κ1) is 20.2. The van der Waals surface area contributed by atoms with Gasteiger partial charge < -0.3 is 15.1 Å². The van der Waals surface area contributed by atoms with Crippen LogP contribution in [0.2, 0.25) is 0 Å². The summed E-state index contributed by atoms with van der Waals surface area (Å²) in [4.78, 5) is 4.63. The van der Waals surface area contributed by atoms with E-state index < -0.39 is 18.6 Å². The van der Waals surface area contributed by atoms with Crippen molar-refractivity contribution in [3.63, 3.8) is 0 Å². The molecule has 0 radical (unpaired) electrons. The average molecular weight is 357 g/mol. The molecular weight excluding hydrogens is 327 g/mol. The van der Waals surface area contributed by atoms with Gasteiger partial charge in [0.25, 0.3) is 0 Å². The highest BCUT2D eigenvalue weighted by Gasteiger charge is 2.31. The molecule has 0 aromatic heterocycles. The molecule has 0 saturated carbocycles. The Morgan fingerprint density at radius 2 is 1.80 bits per heavy atom. The molecule has 1 aliphatic heterocycles. The van der Waals surface area contributed by atoms with Crippen molar-refractivity contribution in [2.75, 3.05) is 33.7 Å². The molecule has 1 saturated heterocycles. The summed E-state index contributed by atoms with van der Waals surface area (Å²) in [7, 11) is 4.21. The molecule has 0 bridgehead atoms. The van der Waals surface area contributed by atoms with E-state index >= 15 is 0 Å². The van der Waals surface area contributed by atoms with Crippen LogP contribution in [0.4, 0.5) is 13.2 Å². The number of rotatable bonds is 7. The summed E-state index contributed by atoms with van der Waals surface area (Å²) in [5.41, 5.74) is 1.04. The summed E-state index contributed by atoms with van der Waals surface area (Å²) in [5.74, 6) is 0. The van der Waals surface area contributed by atoms with Crippen molar-refractivity contribution in [1.82, 2.24) is 15.1 Å². The Balaban J connectivity index is 2.01. The highest BCUT2D eigenvalue weighted by atomic mass is 19.4. The predicted molar refractivity (Wildman–Crippen MR) is 95.6 cm³/mol. The van der Waals surface area contributed by atoms with Crippen LogP contribution >= 0.6 is 0 Å². The maximum atomic E-state index is 12.7. The second-order valence-electron chi connectivity index (χ2n) is 7.32. The summed E-state index contributed by atoms with van der Waals surface area (Å²) in [6, 6.07) is 9.55. The Kier molecular flexibility index (Phi) is 7.28. The van der Waals surface area contributed by atoms with Gasteiger partial charge in [0.1, 0.15) is 0 Å². The summed E-state index contributed by atoms with van der Waals surface area (Å²) < 4.78 is 38.1. The van der Waals surface area contributed by atoms with Crippen LogP contribution in [0, 0.1) is 0 Å². The molecule has 2 atom stereocenters. The summed E-state index contributed by atoms with van der Waals surface area (Å²) in [6.07, 6.45) is -2.75. The van der Waals surface area contributed by atoms with Crippen LogP contribution in [0.1, 0.15) is 37.8 Å². The van der Waals surface area contributed by atoms with Crippen LogP contribution in [-0.4, -0.2) is 61.8 Å². The molecule has 25 heavy (non-hydrogen) atoms. The number of nitrogens with zero attached hydrogens (tertiary/aromatic N) is 2. The van der Waals surface area contributed by atoms with Crippen LogP contribution in [0.3, 0.4) is 0 Å². The van der Waals surface area contributed by atoms with Crippen molar-refractivity contribution < 1.29 is 13.2 Å². The van der Waals surface area contributed by atoms with Crippen LogP contribution in [0.15, 0.2) is 30.3 Å². The number of alkyl halides is 3. The molecular formula is C19H30F3N3. The van der Waals surface area contributed by atoms with Crippen LogP contribution in [-0.2, 0) is 0 Å². The number of benzene rings is 1. The minimum Gasteiger partial charge on any atom is -0.306 e. The number of nitrogens with one attached hydrogen (secondary N) is 1. The topological polar surface area (TPSA) is 18.5 Å². The Labute approximate surface area is 149 Å². The zero-order valence-corrected chi connectivity index (χ0v) is 15.4. The zero-order chi connectivity index (χ0) is 18.4. The highest BCUT2D eigenvalue weighted by Crippen LogP contribution is 2.24. The molecule has 142 valence electrons. The fourth-order valence-corrected chi connectivity index (χ4v) is 3.56. The molecule has 1 fully saturated rings. The summed E-state index contributed by atoms with van der Waals surface area (Å²) >= 11 is 0. The maximum absolute atomic E-state index is 12.7. The molecule has 0 unspecified atom stereocenters. The highest BCUT2D eigenvalue weighted by molar-refractivity contribution is 5.19. The third kappa shape index (κ3) is 6.96. The van der Waals surface area contributed by atoms with Gasteiger partial charge in [0, 0.05) is 24.7 Å². The number of likely N-dealkylation sites (tertiary alicyclic amines) is 1. The van der Waals surface area contributed by atoms with Gasteiger partial charge in [0.2, 0.25) is 0 Å². The van der Waals surface area contributed by atoms with E-state index in [2.05, 4.69) is 29.2 Å². The van der Waals surface area contributed by atoms with Gasteiger partial charge in [-0.05, 0) is 52.5 Å². The minimum absolute atomic E-state index is 0.108. The van der Waals surface area contributed by atoms with Crippen LogP contribution < -0.4 is 5.32 Å². The van der Waals surface area contributed by atoms with Gasteiger partial charge >= 0.3 is 6.18 Å². The lowest BCUT2D eigenvalue weighted by atomic mass is 10.0. The predicted octanol–water partition coefficient (Wildman–Crippen LogP) is 3.68. The first-order valence-corrected chi connectivity index (χ1v) is 9.01. The molecule has 1 aliphatic rings. The maximum Gasteiger partial charge on any atom is 0.390 e. The Hall–Kier alpha value is -1.11. The van der Waals surface area contributed by atoms with Crippen LogP contribution in [0.5, 0.6) is 0 Å². The van der Waals surface area contributed by atoms with Crippen molar-refractivity contribution in [3.8, 4) is 0 Å². The van der Waals surface area contributed by atoms with Crippen molar-refractivity contribution in [2.24, 2.45) is 0 Å². The van der Waals surface area contributed by atoms with Gasteiger partial charge in [-0.1, -0.05) is 30.3 Å². The van der Waals surface area contributed by atoms with Gasteiger partial charge in [-0.2, -0.15) is 13.2 Å². The van der Waals surface area contributed by atoms with E-state index in [9.17, 15) is 13.2 Å². The van der Waals surface area contributed by atoms with Gasteiger partial charge in [-0.15, -0.1) is 0 Å². The number of hydrogen-bond donors (Lipinski definition) is 1. The third-order valence-electron chi connectivity index (χ3n) is 5.01. The van der Waals surface area contributed by atoms with E-state index in [4.69, 9.17) is 0 Å². The van der Waals surface area contributed by atoms with Gasteiger partial charge in [-0.3, -0.25) is 0 Å². The molecule has 1 heterocycles. The number of halogens is 3. The van der Waals surface area contributed by atoms with E-state index in [1.54, 1.807) is 6.92 Å². The quantitative estimate of drug-likeness (QED) is 0.803. The summed E-state index contributed by atoms with van der Waals surface area (Å²) in [6.45, 7) is 4.46. The SMILES string of the molecule is C[C@H](CC(F)(F)F)N[C@@H](CN(C)C1CCN(C)CC1)c1ccccc1. The fraction of sp³-hybridized carbons (Fsp3) is 0.684. The normalized spacial score (nSPS) is 20.0. The van der Waals surface area contributed by atoms with E-state index in [1.165, 1.54) is 0 Å². The van der Waals surface area contributed by atoms with Crippen molar-refractivity contribution in [2.45, 2.75) is 50.5 Å².